The number of hydrogen-bond donors (Lipinski definition) is 0. The zero-order chi connectivity index (χ0) is 23.2. The van der Waals surface area contributed by atoms with Crippen LogP contribution in [0.1, 0.15) is 34.6 Å². The van der Waals surface area contributed by atoms with E-state index in [2.05, 4.69) is 0 Å². The molecule has 0 fully saturated rings. The van der Waals surface area contributed by atoms with Crippen LogP contribution >= 0.6 is 0 Å². The molecular formula is C27H19F4NO. The fourth-order valence-corrected chi connectivity index (χ4v) is 4.70. The molecule has 0 aromatic heterocycles. The quantitative estimate of drug-likeness (QED) is 0.307. The Hall–Kier alpha value is -3.67. The summed E-state index contributed by atoms with van der Waals surface area (Å²) in [6, 6.07) is 22.6. The molecule has 4 aromatic rings. The Labute approximate surface area is 188 Å². The van der Waals surface area contributed by atoms with E-state index in [1.54, 1.807) is 30.3 Å². The number of carbonyl (C=O) groups is 1. The minimum atomic E-state index is -4.55. The molecule has 5 rings (SSSR count). The third-order valence-corrected chi connectivity index (χ3v) is 6.19. The molecule has 4 aromatic carbocycles. The highest BCUT2D eigenvalue weighted by Crippen LogP contribution is 2.47. The van der Waals surface area contributed by atoms with Crippen molar-refractivity contribution < 1.29 is 22.4 Å². The Kier molecular flexibility index (Phi) is 5.16. The van der Waals surface area contributed by atoms with Crippen molar-refractivity contribution >= 4 is 22.4 Å². The van der Waals surface area contributed by atoms with Crippen molar-refractivity contribution in [3.8, 4) is 0 Å². The van der Waals surface area contributed by atoms with Crippen molar-refractivity contribution in [2.24, 2.45) is 0 Å². The first-order valence-corrected chi connectivity index (χ1v) is 10.6. The van der Waals surface area contributed by atoms with Crippen LogP contribution in [0.15, 0.2) is 84.9 Å². The van der Waals surface area contributed by atoms with Gasteiger partial charge in [0.15, 0.2) is 0 Å². The third kappa shape index (κ3) is 3.75. The van der Waals surface area contributed by atoms with Gasteiger partial charge in [-0.05, 0) is 40.1 Å². The van der Waals surface area contributed by atoms with E-state index in [0.717, 1.165) is 16.8 Å². The van der Waals surface area contributed by atoms with Crippen molar-refractivity contribution in [3.63, 3.8) is 0 Å². The van der Waals surface area contributed by atoms with E-state index in [-0.39, 0.29) is 24.4 Å². The highest BCUT2D eigenvalue weighted by atomic mass is 19.4. The Morgan fingerprint density at radius 2 is 1.55 bits per heavy atom. The second-order valence-electron chi connectivity index (χ2n) is 8.13. The summed E-state index contributed by atoms with van der Waals surface area (Å²) in [6.45, 7) is 0.00445. The number of alkyl halides is 3. The number of carbonyl (C=O) groups excluding carboxylic acids is 1. The van der Waals surface area contributed by atoms with Crippen LogP contribution in [-0.2, 0) is 17.5 Å². The van der Waals surface area contributed by atoms with Gasteiger partial charge >= 0.3 is 6.18 Å². The van der Waals surface area contributed by atoms with Gasteiger partial charge in [0.05, 0.1) is 12.1 Å². The molecule has 0 N–H and O–H groups in total. The monoisotopic (exact) mass is 449 g/mol. The van der Waals surface area contributed by atoms with Crippen LogP contribution in [0.2, 0.25) is 0 Å². The second-order valence-corrected chi connectivity index (χ2v) is 8.13. The second kappa shape index (κ2) is 8.03. The van der Waals surface area contributed by atoms with Gasteiger partial charge in [0, 0.05) is 23.6 Å². The van der Waals surface area contributed by atoms with Gasteiger partial charge in [-0.2, -0.15) is 13.2 Å². The fraction of sp³-hybridized carbons (Fsp3) is 0.148. The predicted octanol–water partition coefficient (Wildman–Crippen LogP) is 7.07. The van der Waals surface area contributed by atoms with Crippen LogP contribution in [0, 0.1) is 5.82 Å². The number of hydrogen-bond acceptors (Lipinski definition) is 1. The summed E-state index contributed by atoms with van der Waals surface area (Å²) in [5.74, 6) is -1.55. The molecule has 166 valence electrons. The SMILES string of the molecule is O=C1CC(c2ccccc2C(F)(F)F)c2c(ccc3ccccc23)N1Cc1ccccc1F. The topological polar surface area (TPSA) is 20.3 Å². The van der Waals surface area contributed by atoms with E-state index in [4.69, 9.17) is 0 Å². The summed E-state index contributed by atoms with van der Waals surface area (Å²) >= 11 is 0. The van der Waals surface area contributed by atoms with Crippen LogP contribution in [-0.4, -0.2) is 5.91 Å². The normalized spacial score (nSPS) is 16.2. The van der Waals surface area contributed by atoms with Crippen molar-refractivity contribution in [2.75, 3.05) is 4.90 Å². The number of anilines is 1. The molecule has 0 bridgehead atoms. The average Bonchev–Trinajstić information content (AvgIpc) is 2.81. The van der Waals surface area contributed by atoms with Gasteiger partial charge in [0.25, 0.3) is 0 Å². The molecule has 1 amide bonds. The molecule has 1 aliphatic rings. The van der Waals surface area contributed by atoms with Gasteiger partial charge in [-0.25, -0.2) is 4.39 Å². The first kappa shape index (κ1) is 21.2. The Balaban J connectivity index is 1.73. The van der Waals surface area contributed by atoms with Gasteiger partial charge in [-0.1, -0.05) is 66.7 Å². The number of fused-ring (bicyclic) bond motifs is 3. The summed E-state index contributed by atoms with van der Waals surface area (Å²) < 4.78 is 55.9. The molecule has 1 unspecified atom stereocenters. The van der Waals surface area contributed by atoms with Gasteiger partial charge in [0.1, 0.15) is 5.82 Å². The first-order valence-electron chi connectivity index (χ1n) is 10.6. The van der Waals surface area contributed by atoms with E-state index in [9.17, 15) is 22.4 Å². The Morgan fingerprint density at radius 3 is 2.33 bits per heavy atom. The number of amides is 1. The number of halogens is 4. The van der Waals surface area contributed by atoms with Crippen molar-refractivity contribution in [3.05, 3.63) is 113 Å². The minimum Gasteiger partial charge on any atom is -0.308 e. The molecule has 1 atom stereocenters. The number of benzene rings is 4. The van der Waals surface area contributed by atoms with E-state index >= 15 is 0 Å². The van der Waals surface area contributed by atoms with Crippen molar-refractivity contribution in [1.82, 2.24) is 0 Å². The lowest BCUT2D eigenvalue weighted by Gasteiger charge is -2.36. The van der Waals surface area contributed by atoms with Gasteiger partial charge in [-0.3, -0.25) is 4.79 Å². The molecule has 1 aliphatic heterocycles. The Bertz CT molecular complexity index is 1360. The summed E-state index contributed by atoms with van der Waals surface area (Å²) in [4.78, 5) is 14.8. The number of rotatable bonds is 3. The molecule has 1 heterocycles. The van der Waals surface area contributed by atoms with E-state index in [1.165, 1.54) is 23.1 Å². The largest absolute Gasteiger partial charge is 0.416 e. The standard InChI is InChI=1S/C27H19F4NO/c28-23-12-6-2-8-18(23)16-32-24-14-13-17-7-1-3-9-19(17)26(24)21(15-25(32)33)20-10-4-5-11-22(20)27(29,30)31/h1-14,21H,15-16H2. The fourth-order valence-electron chi connectivity index (χ4n) is 4.70. The van der Waals surface area contributed by atoms with E-state index < -0.39 is 23.5 Å². The average molecular weight is 449 g/mol. The minimum absolute atomic E-state index is 0.00445. The third-order valence-electron chi connectivity index (χ3n) is 6.19. The molecule has 2 nitrogen and oxygen atoms in total. The van der Waals surface area contributed by atoms with Gasteiger partial charge < -0.3 is 4.90 Å². The first-order chi connectivity index (χ1) is 15.8. The maximum absolute atomic E-state index is 14.4. The Morgan fingerprint density at radius 1 is 0.848 bits per heavy atom. The smallest absolute Gasteiger partial charge is 0.308 e. The lowest BCUT2D eigenvalue weighted by Crippen LogP contribution is -2.37. The van der Waals surface area contributed by atoms with Crippen molar-refractivity contribution in [2.45, 2.75) is 25.1 Å². The molecular weight excluding hydrogens is 430 g/mol. The molecule has 0 saturated heterocycles. The van der Waals surface area contributed by atoms with Crippen LogP contribution in [0.5, 0.6) is 0 Å². The molecule has 33 heavy (non-hydrogen) atoms. The predicted molar refractivity (Wildman–Crippen MR) is 119 cm³/mol. The van der Waals surface area contributed by atoms with Crippen LogP contribution in [0.3, 0.4) is 0 Å². The van der Waals surface area contributed by atoms with Crippen LogP contribution < -0.4 is 4.90 Å². The maximum atomic E-state index is 14.4. The van der Waals surface area contributed by atoms with Gasteiger partial charge in [0.2, 0.25) is 5.91 Å². The molecule has 6 heteroatoms. The summed E-state index contributed by atoms with van der Waals surface area (Å²) in [5, 5.41) is 1.65. The van der Waals surface area contributed by atoms with Crippen LogP contribution in [0.25, 0.3) is 10.8 Å². The maximum Gasteiger partial charge on any atom is 0.416 e. The summed E-state index contributed by atoms with van der Waals surface area (Å²) in [6.07, 6.45) is -4.68. The zero-order valence-corrected chi connectivity index (χ0v) is 17.4. The molecule has 0 aliphatic carbocycles. The summed E-state index contributed by atoms with van der Waals surface area (Å²) in [7, 11) is 0. The van der Waals surface area contributed by atoms with Crippen molar-refractivity contribution in [1.29, 1.82) is 0 Å². The summed E-state index contributed by atoms with van der Waals surface area (Å²) in [5.41, 5.74) is 0.834. The highest BCUT2D eigenvalue weighted by Gasteiger charge is 2.40. The lowest BCUT2D eigenvalue weighted by molar-refractivity contribution is -0.138. The van der Waals surface area contributed by atoms with E-state index in [1.807, 2.05) is 30.3 Å². The van der Waals surface area contributed by atoms with Crippen LogP contribution in [0.4, 0.5) is 23.2 Å². The lowest BCUT2D eigenvalue weighted by atomic mass is 9.79. The molecule has 0 radical (unpaired) electrons. The highest BCUT2D eigenvalue weighted by molar-refractivity contribution is 6.03. The van der Waals surface area contributed by atoms with Gasteiger partial charge in [-0.15, -0.1) is 0 Å². The number of nitrogens with zero attached hydrogens (tertiary/aromatic N) is 1. The molecule has 0 saturated carbocycles. The molecule has 0 spiro atoms. The zero-order valence-electron chi connectivity index (χ0n) is 17.4. The van der Waals surface area contributed by atoms with E-state index in [0.29, 0.717) is 16.8 Å².